The highest BCUT2D eigenvalue weighted by molar-refractivity contribution is 6.30. The molecule has 0 atom stereocenters. The molecule has 0 aliphatic rings. The fourth-order valence-electron chi connectivity index (χ4n) is 3.25. The summed E-state index contributed by atoms with van der Waals surface area (Å²) in [6.07, 6.45) is 1.38. The fraction of sp³-hybridized carbons (Fsp3) is 0.385. The Morgan fingerprint density at radius 3 is 2.16 bits per heavy atom. The zero-order valence-corrected chi connectivity index (χ0v) is 20.7. The van der Waals surface area contributed by atoms with Gasteiger partial charge in [0.1, 0.15) is 5.75 Å². The normalized spacial score (nSPS) is 10.7. The molecule has 1 aromatic heterocycles. The molecule has 3 aromatic rings. The summed E-state index contributed by atoms with van der Waals surface area (Å²) >= 11 is 5.94. The van der Waals surface area contributed by atoms with Crippen molar-refractivity contribution in [2.75, 3.05) is 14.2 Å². The number of hydrogen-bond donors (Lipinski definition) is 0. The van der Waals surface area contributed by atoms with Crippen LogP contribution < -0.4 is 4.74 Å². The summed E-state index contributed by atoms with van der Waals surface area (Å²) in [7, 11) is 2.94. The molecule has 172 valence electrons. The summed E-state index contributed by atoms with van der Waals surface area (Å²) in [6, 6.07) is 10.5. The molecule has 0 aliphatic heterocycles. The van der Waals surface area contributed by atoms with Gasteiger partial charge in [-0.2, -0.15) is 0 Å². The van der Waals surface area contributed by atoms with Gasteiger partial charge in [0.2, 0.25) is 0 Å². The molecule has 0 saturated heterocycles. The van der Waals surface area contributed by atoms with Crippen molar-refractivity contribution in [1.29, 1.82) is 0 Å². The van der Waals surface area contributed by atoms with E-state index in [-0.39, 0.29) is 18.3 Å². The molecule has 0 unspecified atom stereocenters. The Kier molecular flexibility index (Phi) is 8.90. The van der Waals surface area contributed by atoms with E-state index in [1.165, 1.54) is 13.5 Å². The third kappa shape index (κ3) is 5.71. The fourth-order valence-corrected chi connectivity index (χ4v) is 3.38. The van der Waals surface area contributed by atoms with Crippen LogP contribution in [-0.2, 0) is 16.0 Å². The van der Waals surface area contributed by atoms with Gasteiger partial charge in [-0.25, -0.2) is 0 Å². The van der Waals surface area contributed by atoms with Crippen molar-refractivity contribution in [1.82, 2.24) is 4.57 Å². The molecule has 0 amide bonds. The van der Waals surface area contributed by atoms with E-state index in [1.807, 2.05) is 26.0 Å². The van der Waals surface area contributed by atoms with Crippen LogP contribution in [0.1, 0.15) is 54.4 Å². The zero-order chi connectivity index (χ0) is 24.0. The number of ether oxygens (including phenoxy) is 2. The molecule has 1 heterocycles. The van der Waals surface area contributed by atoms with Crippen LogP contribution in [0.3, 0.4) is 0 Å². The molecular weight excluding hydrogens is 426 g/mol. The van der Waals surface area contributed by atoms with Gasteiger partial charge in [0.15, 0.2) is 0 Å². The van der Waals surface area contributed by atoms with Crippen LogP contribution in [0.4, 0.5) is 0 Å². The molecule has 0 bridgehead atoms. The average molecular weight is 458 g/mol. The minimum atomic E-state index is -0.365. The second kappa shape index (κ2) is 11.2. The quantitative estimate of drug-likeness (QED) is 0.417. The highest BCUT2D eigenvalue weighted by atomic mass is 35.5. The van der Waals surface area contributed by atoms with Crippen LogP contribution in [0.25, 0.3) is 10.9 Å². The number of halogens is 1. The summed E-state index contributed by atoms with van der Waals surface area (Å²) in [5.41, 5.74) is 3.58. The van der Waals surface area contributed by atoms with Crippen LogP contribution in [0.5, 0.6) is 5.75 Å². The van der Waals surface area contributed by atoms with Gasteiger partial charge in [0, 0.05) is 21.7 Å². The van der Waals surface area contributed by atoms with Gasteiger partial charge in [-0.3, -0.25) is 14.2 Å². The number of carbonyl (C=O) groups excluding carboxylic acids is 2. The number of rotatable bonds is 5. The van der Waals surface area contributed by atoms with E-state index in [0.29, 0.717) is 22.0 Å². The number of benzene rings is 2. The maximum atomic E-state index is 13.2. The van der Waals surface area contributed by atoms with Crippen LogP contribution in [0.2, 0.25) is 5.02 Å². The highest BCUT2D eigenvalue weighted by Crippen LogP contribution is 2.33. The maximum Gasteiger partial charge on any atom is 0.310 e. The smallest absolute Gasteiger partial charge is 0.310 e. The number of hydrogen-bond acceptors (Lipinski definition) is 4. The van der Waals surface area contributed by atoms with Gasteiger partial charge in [-0.05, 0) is 67.3 Å². The van der Waals surface area contributed by atoms with Gasteiger partial charge in [0.05, 0.1) is 26.2 Å². The minimum Gasteiger partial charge on any atom is -0.496 e. The first-order chi connectivity index (χ1) is 15.1. The zero-order valence-electron chi connectivity index (χ0n) is 19.9. The Morgan fingerprint density at radius 1 is 1.06 bits per heavy atom. The number of aromatic nitrogens is 1. The Labute approximate surface area is 195 Å². The monoisotopic (exact) mass is 457 g/mol. The van der Waals surface area contributed by atoms with E-state index in [4.69, 9.17) is 21.1 Å². The lowest BCUT2D eigenvalue weighted by molar-refractivity contribution is -0.139. The summed E-state index contributed by atoms with van der Waals surface area (Å²) < 4.78 is 11.9. The number of aryl methyl sites for hydroxylation is 1. The summed E-state index contributed by atoms with van der Waals surface area (Å²) in [6.45, 7) is 10.4. The van der Waals surface area contributed by atoms with Crippen molar-refractivity contribution in [3.8, 4) is 5.75 Å². The first-order valence-electron chi connectivity index (χ1n) is 10.7. The van der Waals surface area contributed by atoms with Crippen molar-refractivity contribution in [2.24, 2.45) is 5.92 Å². The molecule has 0 spiro atoms. The predicted molar refractivity (Wildman–Crippen MR) is 130 cm³/mol. The lowest BCUT2D eigenvalue weighted by Gasteiger charge is -2.09. The SMILES string of the molecule is CCC(C)C.COC(=O)Cc1c(C)n(C(=O)c2ccc(Cl)cc2)c2cc(C)c(OC)cc12. The third-order valence-corrected chi connectivity index (χ3v) is 5.76. The van der Waals surface area contributed by atoms with E-state index in [0.717, 1.165) is 27.9 Å². The Balaban J connectivity index is 0.000000654. The van der Waals surface area contributed by atoms with Crippen LogP contribution in [-0.4, -0.2) is 30.7 Å². The molecule has 0 radical (unpaired) electrons. The molecule has 6 heteroatoms. The molecular formula is C26H32ClNO4. The molecule has 5 nitrogen and oxygen atoms in total. The molecule has 0 saturated carbocycles. The lowest BCUT2D eigenvalue weighted by atomic mass is 10.1. The first-order valence-corrected chi connectivity index (χ1v) is 11.1. The van der Waals surface area contributed by atoms with Crippen molar-refractivity contribution in [2.45, 2.75) is 47.5 Å². The van der Waals surface area contributed by atoms with E-state index in [9.17, 15) is 9.59 Å². The maximum absolute atomic E-state index is 13.2. The lowest BCUT2D eigenvalue weighted by Crippen LogP contribution is -2.14. The second-order valence-electron chi connectivity index (χ2n) is 8.11. The van der Waals surface area contributed by atoms with Crippen molar-refractivity contribution in [3.63, 3.8) is 0 Å². The summed E-state index contributed by atoms with van der Waals surface area (Å²) in [5.74, 6) is 1.03. The minimum absolute atomic E-state index is 0.0753. The van der Waals surface area contributed by atoms with Gasteiger partial charge in [0.25, 0.3) is 5.91 Å². The van der Waals surface area contributed by atoms with Crippen molar-refractivity contribution in [3.05, 3.63) is 63.8 Å². The molecule has 3 rings (SSSR count). The molecule has 2 aromatic carbocycles. The van der Waals surface area contributed by atoms with E-state index < -0.39 is 0 Å². The number of fused-ring (bicyclic) bond motifs is 1. The first kappa shape index (κ1) is 25.5. The molecule has 0 aliphatic carbocycles. The van der Waals surface area contributed by atoms with E-state index >= 15 is 0 Å². The molecule has 0 N–H and O–H groups in total. The molecule has 32 heavy (non-hydrogen) atoms. The standard InChI is InChI=1S/C21H20ClNO4.C5H12/c1-12-9-18-17(10-19(12)26-3)16(11-20(24)27-4)13(2)23(18)21(25)14-5-7-15(22)8-6-14;1-4-5(2)3/h5-10H,11H2,1-4H3;5H,4H2,1-3H3. The van der Waals surface area contributed by atoms with Crippen LogP contribution in [0.15, 0.2) is 36.4 Å². The van der Waals surface area contributed by atoms with Gasteiger partial charge >= 0.3 is 5.97 Å². The average Bonchev–Trinajstić information content (AvgIpc) is 3.03. The third-order valence-electron chi connectivity index (χ3n) is 5.51. The second-order valence-corrected chi connectivity index (χ2v) is 8.54. The Morgan fingerprint density at radius 2 is 1.66 bits per heavy atom. The number of nitrogens with zero attached hydrogens (tertiary/aromatic N) is 1. The Bertz CT molecular complexity index is 1100. The number of esters is 1. The van der Waals surface area contributed by atoms with E-state index in [2.05, 4.69) is 20.8 Å². The van der Waals surface area contributed by atoms with E-state index in [1.54, 1.807) is 35.9 Å². The van der Waals surface area contributed by atoms with Crippen LogP contribution in [0, 0.1) is 19.8 Å². The highest BCUT2D eigenvalue weighted by Gasteiger charge is 2.23. The topological polar surface area (TPSA) is 57.5 Å². The van der Waals surface area contributed by atoms with Gasteiger partial charge in [-0.1, -0.05) is 38.8 Å². The van der Waals surface area contributed by atoms with Crippen molar-refractivity contribution < 1.29 is 19.1 Å². The Hall–Kier alpha value is -2.79. The van der Waals surface area contributed by atoms with Crippen LogP contribution >= 0.6 is 11.6 Å². The number of methoxy groups -OCH3 is 2. The van der Waals surface area contributed by atoms with Crippen molar-refractivity contribution >= 4 is 34.4 Å². The molecule has 0 fully saturated rings. The summed E-state index contributed by atoms with van der Waals surface area (Å²) in [5, 5.41) is 1.36. The number of carbonyl (C=O) groups is 2. The largest absolute Gasteiger partial charge is 0.496 e. The summed E-state index contributed by atoms with van der Waals surface area (Å²) in [4.78, 5) is 25.1. The van der Waals surface area contributed by atoms with Gasteiger partial charge < -0.3 is 9.47 Å². The predicted octanol–water partition coefficient (Wildman–Crippen LogP) is 6.38. The van der Waals surface area contributed by atoms with Gasteiger partial charge in [-0.15, -0.1) is 0 Å².